The molecule has 0 aliphatic carbocycles. The van der Waals surface area contributed by atoms with Crippen molar-refractivity contribution in [1.29, 1.82) is 0 Å². The number of rotatable bonds is 5. The van der Waals surface area contributed by atoms with Crippen LogP contribution in [0.1, 0.15) is 23.2 Å². The lowest BCUT2D eigenvalue weighted by atomic mass is 10.1. The number of amides is 1. The number of nitrogens with zero attached hydrogens (tertiary/aromatic N) is 1. The Labute approximate surface area is 107 Å². The number of hydrogen-bond acceptors (Lipinski definition) is 4. The summed E-state index contributed by atoms with van der Waals surface area (Å²) in [5.74, 6) is -0.00521. The predicted octanol–water partition coefficient (Wildman–Crippen LogP) is 0.842. The van der Waals surface area contributed by atoms with E-state index in [9.17, 15) is 4.79 Å². The van der Waals surface area contributed by atoms with Crippen LogP contribution < -0.4 is 16.2 Å². The summed E-state index contributed by atoms with van der Waals surface area (Å²) in [5, 5.41) is 0. The summed E-state index contributed by atoms with van der Waals surface area (Å²) in [6, 6.07) is 4.95. The van der Waals surface area contributed by atoms with Crippen molar-refractivity contribution in [1.82, 2.24) is 4.90 Å². The Morgan fingerprint density at radius 3 is 2.72 bits per heavy atom. The molecule has 1 aliphatic heterocycles. The Morgan fingerprint density at radius 2 is 2.06 bits per heavy atom. The SMILES string of the molecule is NC(=O)c1cc(N)ccc1OCCN1CCCC1. The highest BCUT2D eigenvalue weighted by Crippen LogP contribution is 2.21. The molecule has 1 amide bonds. The monoisotopic (exact) mass is 249 g/mol. The van der Waals surface area contributed by atoms with E-state index in [0.29, 0.717) is 23.6 Å². The summed E-state index contributed by atoms with van der Waals surface area (Å²) >= 11 is 0. The number of carbonyl (C=O) groups excluding carboxylic acids is 1. The first-order chi connectivity index (χ1) is 8.66. The summed E-state index contributed by atoms with van der Waals surface area (Å²) in [4.78, 5) is 13.6. The minimum atomic E-state index is -0.515. The van der Waals surface area contributed by atoms with Crippen molar-refractivity contribution < 1.29 is 9.53 Å². The summed E-state index contributed by atoms with van der Waals surface area (Å²) in [6.45, 7) is 3.70. The molecule has 1 saturated heterocycles. The molecule has 1 aromatic rings. The predicted molar refractivity (Wildman–Crippen MR) is 70.5 cm³/mol. The summed E-state index contributed by atoms with van der Waals surface area (Å²) < 4.78 is 5.62. The van der Waals surface area contributed by atoms with E-state index in [1.165, 1.54) is 12.8 Å². The number of hydrogen-bond donors (Lipinski definition) is 2. The molecular weight excluding hydrogens is 230 g/mol. The molecule has 0 saturated carbocycles. The van der Waals surface area contributed by atoms with Gasteiger partial charge in [0, 0.05) is 12.2 Å². The van der Waals surface area contributed by atoms with Crippen LogP contribution in [0.5, 0.6) is 5.75 Å². The van der Waals surface area contributed by atoms with Crippen LogP contribution in [-0.4, -0.2) is 37.0 Å². The van der Waals surface area contributed by atoms with Crippen molar-refractivity contribution in [2.24, 2.45) is 5.73 Å². The lowest BCUT2D eigenvalue weighted by molar-refractivity contribution is 0.0996. The maximum absolute atomic E-state index is 11.3. The van der Waals surface area contributed by atoms with Gasteiger partial charge in [-0.05, 0) is 44.1 Å². The first kappa shape index (κ1) is 12.7. The molecule has 1 heterocycles. The number of ether oxygens (including phenoxy) is 1. The molecule has 0 unspecified atom stereocenters. The Kier molecular flexibility index (Phi) is 4.04. The minimum Gasteiger partial charge on any atom is -0.491 e. The fraction of sp³-hybridized carbons (Fsp3) is 0.462. The van der Waals surface area contributed by atoms with Crippen molar-refractivity contribution >= 4 is 11.6 Å². The highest BCUT2D eigenvalue weighted by atomic mass is 16.5. The molecule has 0 spiro atoms. The highest BCUT2D eigenvalue weighted by molar-refractivity contribution is 5.96. The largest absolute Gasteiger partial charge is 0.491 e. The summed E-state index contributed by atoms with van der Waals surface area (Å²) in [5.41, 5.74) is 11.8. The van der Waals surface area contributed by atoms with Crippen LogP contribution in [0.15, 0.2) is 18.2 Å². The second kappa shape index (κ2) is 5.73. The van der Waals surface area contributed by atoms with Gasteiger partial charge in [0.1, 0.15) is 12.4 Å². The molecule has 4 N–H and O–H groups in total. The number of likely N-dealkylation sites (tertiary alicyclic amines) is 1. The minimum absolute atomic E-state index is 0.344. The van der Waals surface area contributed by atoms with Gasteiger partial charge in [0.25, 0.3) is 5.91 Å². The van der Waals surface area contributed by atoms with Gasteiger partial charge < -0.3 is 16.2 Å². The van der Waals surface area contributed by atoms with E-state index in [-0.39, 0.29) is 0 Å². The third-order valence-electron chi connectivity index (χ3n) is 3.13. The Hall–Kier alpha value is -1.75. The van der Waals surface area contributed by atoms with E-state index in [2.05, 4.69) is 4.90 Å². The fourth-order valence-corrected chi connectivity index (χ4v) is 2.16. The van der Waals surface area contributed by atoms with Gasteiger partial charge in [0.2, 0.25) is 0 Å². The molecule has 0 bridgehead atoms. The van der Waals surface area contributed by atoms with Crippen LogP contribution in [0.4, 0.5) is 5.69 Å². The molecule has 5 heteroatoms. The fourth-order valence-electron chi connectivity index (χ4n) is 2.16. The van der Waals surface area contributed by atoms with Crippen LogP contribution in [0.25, 0.3) is 0 Å². The van der Waals surface area contributed by atoms with Gasteiger partial charge >= 0.3 is 0 Å². The maximum atomic E-state index is 11.3. The smallest absolute Gasteiger partial charge is 0.252 e. The Balaban J connectivity index is 1.93. The molecule has 2 rings (SSSR count). The van der Waals surface area contributed by atoms with Gasteiger partial charge in [0.15, 0.2) is 0 Å². The zero-order valence-electron chi connectivity index (χ0n) is 10.4. The third-order valence-corrected chi connectivity index (χ3v) is 3.13. The van der Waals surface area contributed by atoms with Crippen LogP contribution in [0, 0.1) is 0 Å². The van der Waals surface area contributed by atoms with Crippen LogP contribution in [-0.2, 0) is 0 Å². The molecule has 0 radical (unpaired) electrons. The van der Waals surface area contributed by atoms with Crippen molar-refractivity contribution in [2.45, 2.75) is 12.8 Å². The summed E-state index contributed by atoms with van der Waals surface area (Å²) in [6.07, 6.45) is 2.52. The normalized spacial score (nSPS) is 15.8. The maximum Gasteiger partial charge on any atom is 0.252 e. The van der Waals surface area contributed by atoms with Crippen molar-refractivity contribution in [2.75, 3.05) is 32.0 Å². The highest BCUT2D eigenvalue weighted by Gasteiger charge is 2.13. The number of nitrogen functional groups attached to an aromatic ring is 1. The van der Waals surface area contributed by atoms with E-state index in [0.717, 1.165) is 19.6 Å². The van der Waals surface area contributed by atoms with Gasteiger partial charge in [-0.2, -0.15) is 0 Å². The number of primary amides is 1. The zero-order chi connectivity index (χ0) is 13.0. The van der Waals surface area contributed by atoms with Crippen molar-refractivity contribution in [3.63, 3.8) is 0 Å². The van der Waals surface area contributed by atoms with Gasteiger partial charge in [-0.25, -0.2) is 0 Å². The van der Waals surface area contributed by atoms with Crippen LogP contribution >= 0.6 is 0 Å². The zero-order valence-corrected chi connectivity index (χ0v) is 10.4. The van der Waals surface area contributed by atoms with Crippen molar-refractivity contribution in [3.8, 4) is 5.75 Å². The third kappa shape index (κ3) is 3.13. The summed E-state index contributed by atoms with van der Waals surface area (Å²) in [7, 11) is 0. The van der Waals surface area contributed by atoms with Crippen molar-refractivity contribution in [3.05, 3.63) is 23.8 Å². The van der Waals surface area contributed by atoms with E-state index in [1.807, 2.05) is 0 Å². The van der Waals surface area contributed by atoms with Crippen LogP contribution in [0.3, 0.4) is 0 Å². The molecule has 18 heavy (non-hydrogen) atoms. The van der Waals surface area contributed by atoms with Gasteiger partial charge in [-0.15, -0.1) is 0 Å². The van der Waals surface area contributed by atoms with Gasteiger partial charge in [-0.1, -0.05) is 0 Å². The molecule has 0 aromatic heterocycles. The molecule has 1 fully saturated rings. The molecule has 1 aromatic carbocycles. The van der Waals surface area contributed by atoms with E-state index in [1.54, 1.807) is 18.2 Å². The van der Waals surface area contributed by atoms with E-state index < -0.39 is 5.91 Å². The molecule has 0 atom stereocenters. The van der Waals surface area contributed by atoms with Crippen LogP contribution in [0.2, 0.25) is 0 Å². The quantitative estimate of drug-likeness (QED) is 0.758. The van der Waals surface area contributed by atoms with E-state index in [4.69, 9.17) is 16.2 Å². The van der Waals surface area contributed by atoms with Gasteiger partial charge in [-0.3, -0.25) is 9.69 Å². The molecule has 5 nitrogen and oxygen atoms in total. The average Bonchev–Trinajstić information content (AvgIpc) is 2.84. The molecule has 98 valence electrons. The van der Waals surface area contributed by atoms with Gasteiger partial charge in [0.05, 0.1) is 5.56 Å². The first-order valence-electron chi connectivity index (χ1n) is 6.21. The van der Waals surface area contributed by atoms with E-state index >= 15 is 0 Å². The second-order valence-corrected chi connectivity index (χ2v) is 4.52. The molecular formula is C13H19N3O2. The lowest BCUT2D eigenvalue weighted by Gasteiger charge is -2.16. The Bertz CT molecular complexity index is 428. The first-order valence-corrected chi connectivity index (χ1v) is 6.21. The standard InChI is InChI=1S/C13H19N3O2/c14-10-3-4-12(11(9-10)13(15)17)18-8-7-16-5-1-2-6-16/h3-4,9H,1-2,5-8,14H2,(H2,15,17). The number of nitrogens with two attached hydrogens (primary N) is 2. The number of carbonyl (C=O) groups is 1. The topological polar surface area (TPSA) is 81.6 Å². The second-order valence-electron chi connectivity index (χ2n) is 4.52. The average molecular weight is 249 g/mol. The Morgan fingerprint density at radius 1 is 1.33 bits per heavy atom. The lowest BCUT2D eigenvalue weighted by Crippen LogP contribution is -2.25. The number of anilines is 1. The molecule has 1 aliphatic rings. The number of benzene rings is 1.